The lowest BCUT2D eigenvalue weighted by molar-refractivity contribution is 0.464. The molecule has 0 unspecified atom stereocenters. The largest absolute Gasteiger partial charge is 0.457 e. The minimum atomic E-state index is 0.701. The van der Waals surface area contributed by atoms with Crippen molar-refractivity contribution in [3.05, 3.63) is 95.1 Å². The lowest BCUT2D eigenvalue weighted by Crippen LogP contribution is -1.98. The lowest BCUT2D eigenvalue weighted by Gasteiger charge is -2.20. The van der Waals surface area contributed by atoms with E-state index < -0.39 is 0 Å². The van der Waals surface area contributed by atoms with Crippen molar-refractivity contribution in [3.8, 4) is 34.1 Å². The Hall–Kier alpha value is -3.92. The minimum absolute atomic E-state index is 0.701. The molecule has 0 saturated heterocycles. The van der Waals surface area contributed by atoms with Gasteiger partial charge in [-0.25, -0.2) is 0 Å². The van der Waals surface area contributed by atoms with Crippen molar-refractivity contribution in [3.63, 3.8) is 0 Å². The van der Waals surface area contributed by atoms with Crippen LogP contribution in [0, 0.1) is 27.7 Å². The van der Waals surface area contributed by atoms with E-state index in [2.05, 4.69) is 45.0 Å². The molecule has 0 saturated carbocycles. The second-order valence-corrected chi connectivity index (χ2v) is 8.14. The summed E-state index contributed by atoms with van der Waals surface area (Å²) in [7, 11) is 0. The van der Waals surface area contributed by atoms with Gasteiger partial charge in [0, 0.05) is 16.9 Å². The lowest BCUT2D eigenvalue weighted by atomic mass is 9.95. The summed E-state index contributed by atoms with van der Waals surface area (Å²) in [6, 6.07) is 23.3. The Balaban J connectivity index is 1.85. The number of anilines is 2. The standard InChI is InChI=1S/C28H28N2O2/c1-17-5-6-21(15-18(17)2)26-16-27(31-24-11-7-22(29)8-12-24)19(3)20(4)28(26)32-25-13-9-23(30)10-14-25/h5-16H,29-30H2,1-4H3. The molecule has 32 heavy (non-hydrogen) atoms. The van der Waals surface area contributed by atoms with Gasteiger partial charge in [-0.3, -0.25) is 0 Å². The van der Waals surface area contributed by atoms with Crippen LogP contribution in [0.2, 0.25) is 0 Å². The van der Waals surface area contributed by atoms with E-state index in [0.29, 0.717) is 11.4 Å². The van der Waals surface area contributed by atoms with Gasteiger partial charge in [0.15, 0.2) is 0 Å². The monoisotopic (exact) mass is 424 g/mol. The van der Waals surface area contributed by atoms with Crippen molar-refractivity contribution < 1.29 is 9.47 Å². The highest BCUT2D eigenvalue weighted by atomic mass is 16.5. The number of nitrogens with two attached hydrogens (primary N) is 2. The Bertz CT molecular complexity index is 1260. The molecule has 0 aromatic heterocycles. The van der Waals surface area contributed by atoms with E-state index in [-0.39, 0.29) is 0 Å². The van der Waals surface area contributed by atoms with Gasteiger partial charge in [0.1, 0.15) is 23.0 Å². The Morgan fingerprint density at radius 2 is 1.12 bits per heavy atom. The molecule has 0 heterocycles. The van der Waals surface area contributed by atoms with Crippen LogP contribution in [-0.4, -0.2) is 0 Å². The maximum Gasteiger partial charge on any atom is 0.138 e. The summed E-state index contributed by atoms with van der Waals surface area (Å²) in [5, 5.41) is 0. The van der Waals surface area contributed by atoms with E-state index in [1.807, 2.05) is 55.5 Å². The molecule has 0 aliphatic heterocycles. The van der Waals surface area contributed by atoms with Crippen molar-refractivity contribution in [2.45, 2.75) is 27.7 Å². The van der Waals surface area contributed by atoms with Gasteiger partial charge in [0.05, 0.1) is 0 Å². The summed E-state index contributed by atoms with van der Waals surface area (Å²) < 4.78 is 12.6. The van der Waals surface area contributed by atoms with Crippen LogP contribution < -0.4 is 20.9 Å². The van der Waals surface area contributed by atoms with Crippen LogP contribution >= 0.6 is 0 Å². The molecule has 4 rings (SSSR count). The summed E-state index contributed by atoms with van der Waals surface area (Å²) in [6.07, 6.45) is 0. The molecule has 0 aliphatic carbocycles. The molecule has 162 valence electrons. The first-order valence-corrected chi connectivity index (χ1v) is 10.6. The summed E-state index contributed by atoms with van der Waals surface area (Å²) in [5.74, 6) is 3.06. The Kier molecular flexibility index (Phi) is 5.78. The summed E-state index contributed by atoms with van der Waals surface area (Å²) >= 11 is 0. The average Bonchev–Trinajstić information content (AvgIpc) is 2.78. The predicted octanol–water partition coefficient (Wildman–Crippen LogP) is 7.34. The number of hydrogen-bond donors (Lipinski definition) is 2. The van der Waals surface area contributed by atoms with Gasteiger partial charge in [0.25, 0.3) is 0 Å². The summed E-state index contributed by atoms with van der Waals surface area (Å²) in [5.41, 5.74) is 19.6. The minimum Gasteiger partial charge on any atom is -0.457 e. The fourth-order valence-corrected chi connectivity index (χ4v) is 3.54. The first kappa shape index (κ1) is 21.3. The number of ether oxygens (including phenoxy) is 2. The van der Waals surface area contributed by atoms with Crippen LogP contribution in [0.5, 0.6) is 23.0 Å². The van der Waals surface area contributed by atoms with E-state index in [0.717, 1.165) is 45.3 Å². The molecular weight excluding hydrogens is 396 g/mol. The molecule has 0 amide bonds. The van der Waals surface area contributed by atoms with Crippen LogP contribution in [0.25, 0.3) is 11.1 Å². The fourth-order valence-electron chi connectivity index (χ4n) is 3.54. The van der Waals surface area contributed by atoms with Gasteiger partial charge in [-0.15, -0.1) is 0 Å². The number of benzene rings is 4. The van der Waals surface area contributed by atoms with Crippen LogP contribution in [0.3, 0.4) is 0 Å². The molecule has 4 heteroatoms. The first-order chi connectivity index (χ1) is 15.3. The van der Waals surface area contributed by atoms with Gasteiger partial charge in [-0.1, -0.05) is 18.2 Å². The molecule has 0 fully saturated rings. The summed E-state index contributed by atoms with van der Waals surface area (Å²) in [4.78, 5) is 0. The predicted molar refractivity (Wildman–Crippen MR) is 133 cm³/mol. The number of nitrogen functional groups attached to an aromatic ring is 2. The highest BCUT2D eigenvalue weighted by Gasteiger charge is 2.18. The molecule has 4 N–H and O–H groups in total. The number of rotatable bonds is 5. The molecular formula is C28H28N2O2. The van der Waals surface area contributed by atoms with Crippen LogP contribution in [0.4, 0.5) is 11.4 Å². The van der Waals surface area contributed by atoms with E-state index in [1.54, 1.807) is 0 Å². The number of hydrogen-bond acceptors (Lipinski definition) is 4. The zero-order chi connectivity index (χ0) is 22.8. The topological polar surface area (TPSA) is 70.5 Å². The van der Waals surface area contributed by atoms with Crippen LogP contribution in [-0.2, 0) is 0 Å². The molecule has 4 aromatic rings. The normalized spacial score (nSPS) is 10.8. The highest BCUT2D eigenvalue weighted by molar-refractivity contribution is 5.77. The SMILES string of the molecule is Cc1ccc(-c2cc(Oc3ccc(N)cc3)c(C)c(C)c2Oc2ccc(N)cc2)cc1C. The Morgan fingerprint density at radius 3 is 1.69 bits per heavy atom. The van der Waals surface area contributed by atoms with E-state index >= 15 is 0 Å². The molecule has 0 atom stereocenters. The third kappa shape index (κ3) is 4.40. The van der Waals surface area contributed by atoms with Gasteiger partial charge >= 0.3 is 0 Å². The van der Waals surface area contributed by atoms with Crippen LogP contribution in [0.15, 0.2) is 72.8 Å². The molecule has 0 bridgehead atoms. The van der Waals surface area contributed by atoms with Gasteiger partial charge in [-0.2, -0.15) is 0 Å². The van der Waals surface area contributed by atoms with Crippen molar-refractivity contribution in [1.29, 1.82) is 0 Å². The van der Waals surface area contributed by atoms with Gasteiger partial charge in [-0.05, 0) is 110 Å². The zero-order valence-corrected chi connectivity index (χ0v) is 18.9. The van der Waals surface area contributed by atoms with Crippen LogP contribution in [0.1, 0.15) is 22.3 Å². The van der Waals surface area contributed by atoms with E-state index in [1.165, 1.54) is 11.1 Å². The highest BCUT2D eigenvalue weighted by Crippen LogP contribution is 2.43. The van der Waals surface area contributed by atoms with Crippen molar-refractivity contribution in [2.75, 3.05) is 11.5 Å². The molecule has 0 radical (unpaired) electrons. The molecule has 0 aliphatic rings. The summed E-state index contributed by atoms with van der Waals surface area (Å²) in [6.45, 7) is 8.33. The second kappa shape index (κ2) is 8.67. The molecule has 4 nitrogen and oxygen atoms in total. The van der Waals surface area contributed by atoms with E-state index in [4.69, 9.17) is 20.9 Å². The second-order valence-electron chi connectivity index (χ2n) is 8.14. The Labute approximate surface area is 189 Å². The van der Waals surface area contributed by atoms with Crippen molar-refractivity contribution in [1.82, 2.24) is 0 Å². The van der Waals surface area contributed by atoms with Gasteiger partial charge in [0.2, 0.25) is 0 Å². The quantitative estimate of drug-likeness (QED) is 0.329. The maximum atomic E-state index is 6.39. The molecule has 4 aromatic carbocycles. The third-order valence-corrected chi connectivity index (χ3v) is 5.82. The zero-order valence-electron chi connectivity index (χ0n) is 18.9. The smallest absolute Gasteiger partial charge is 0.138 e. The fraction of sp³-hybridized carbons (Fsp3) is 0.143. The average molecular weight is 425 g/mol. The van der Waals surface area contributed by atoms with Crippen molar-refractivity contribution in [2.24, 2.45) is 0 Å². The third-order valence-electron chi connectivity index (χ3n) is 5.82. The number of aryl methyl sites for hydroxylation is 2. The van der Waals surface area contributed by atoms with Crippen molar-refractivity contribution >= 4 is 11.4 Å². The first-order valence-electron chi connectivity index (χ1n) is 10.6. The van der Waals surface area contributed by atoms with Gasteiger partial charge < -0.3 is 20.9 Å². The molecule has 0 spiro atoms. The Morgan fingerprint density at radius 1 is 0.562 bits per heavy atom. The van der Waals surface area contributed by atoms with E-state index in [9.17, 15) is 0 Å². The maximum absolute atomic E-state index is 6.39.